The standard InChI is InChI=1S/C20H22N4O/c1-21-17-8-11-23(12-9-17)20(25)16-6-4-5-15(13-16)18-14-24-10-3-2-7-19(24)22-18/h2-7,10,13-14,17,21H,8-9,11-12H2,1H3. The average molecular weight is 334 g/mol. The highest BCUT2D eigenvalue weighted by atomic mass is 16.2. The van der Waals surface area contributed by atoms with Crippen molar-refractivity contribution in [1.82, 2.24) is 19.6 Å². The summed E-state index contributed by atoms with van der Waals surface area (Å²) in [7, 11) is 1.99. The predicted molar refractivity (Wildman–Crippen MR) is 98.6 cm³/mol. The van der Waals surface area contributed by atoms with E-state index in [2.05, 4.69) is 10.3 Å². The van der Waals surface area contributed by atoms with E-state index in [-0.39, 0.29) is 5.91 Å². The van der Waals surface area contributed by atoms with Gasteiger partial charge < -0.3 is 14.6 Å². The smallest absolute Gasteiger partial charge is 0.253 e. The molecule has 5 heteroatoms. The van der Waals surface area contributed by atoms with Crippen molar-refractivity contribution in [3.63, 3.8) is 0 Å². The lowest BCUT2D eigenvalue weighted by atomic mass is 10.0. The van der Waals surface area contributed by atoms with E-state index in [0.717, 1.165) is 48.4 Å². The molecule has 1 aliphatic heterocycles. The van der Waals surface area contributed by atoms with E-state index in [4.69, 9.17) is 0 Å². The first kappa shape index (κ1) is 15.8. The van der Waals surface area contributed by atoms with Crippen molar-refractivity contribution in [1.29, 1.82) is 0 Å². The normalized spacial score (nSPS) is 15.6. The number of carbonyl (C=O) groups excluding carboxylic acids is 1. The maximum atomic E-state index is 12.8. The Balaban J connectivity index is 1.58. The maximum Gasteiger partial charge on any atom is 0.253 e. The van der Waals surface area contributed by atoms with Crippen molar-refractivity contribution in [2.75, 3.05) is 20.1 Å². The zero-order chi connectivity index (χ0) is 17.2. The van der Waals surface area contributed by atoms with Crippen LogP contribution in [0.2, 0.25) is 0 Å². The summed E-state index contributed by atoms with van der Waals surface area (Å²) in [5, 5.41) is 3.30. The van der Waals surface area contributed by atoms with Crippen molar-refractivity contribution in [3.05, 3.63) is 60.4 Å². The summed E-state index contributed by atoms with van der Waals surface area (Å²) in [5.41, 5.74) is 3.50. The fraction of sp³-hybridized carbons (Fsp3) is 0.300. The van der Waals surface area contributed by atoms with Crippen LogP contribution in [0.4, 0.5) is 0 Å². The maximum absolute atomic E-state index is 12.8. The topological polar surface area (TPSA) is 49.6 Å². The quantitative estimate of drug-likeness (QED) is 0.801. The van der Waals surface area contributed by atoms with E-state index < -0.39 is 0 Å². The van der Waals surface area contributed by atoms with Gasteiger partial charge in [0.15, 0.2) is 0 Å². The van der Waals surface area contributed by atoms with Crippen LogP contribution in [0.5, 0.6) is 0 Å². The van der Waals surface area contributed by atoms with Crippen LogP contribution in [-0.4, -0.2) is 46.4 Å². The summed E-state index contributed by atoms with van der Waals surface area (Å²) in [4.78, 5) is 19.4. The third-order valence-corrected chi connectivity index (χ3v) is 4.96. The third kappa shape index (κ3) is 3.15. The number of piperidine rings is 1. The molecule has 4 rings (SSSR count). The van der Waals surface area contributed by atoms with Crippen LogP contribution in [0.25, 0.3) is 16.9 Å². The number of benzene rings is 1. The van der Waals surface area contributed by atoms with Gasteiger partial charge in [-0.1, -0.05) is 18.2 Å². The van der Waals surface area contributed by atoms with Gasteiger partial charge in [0.1, 0.15) is 5.65 Å². The molecule has 1 aromatic carbocycles. The number of rotatable bonds is 3. The van der Waals surface area contributed by atoms with Crippen molar-refractivity contribution in [3.8, 4) is 11.3 Å². The van der Waals surface area contributed by atoms with Crippen molar-refractivity contribution in [2.45, 2.75) is 18.9 Å². The van der Waals surface area contributed by atoms with Gasteiger partial charge in [-0.15, -0.1) is 0 Å². The Morgan fingerprint density at radius 3 is 2.76 bits per heavy atom. The van der Waals surface area contributed by atoms with E-state index in [9.17, 15) is 4.79 Å². The molecule has 0 unspecified atom stereocenters. The van der Waals surface area contributed by atoms with Crippen LogP contribution >= 0.6 is 0 Å². The van der Waals surface area contributed by atoms with Gasteiger partial charge in [-0.3, -0.25) is 4.79 Å². The predicted octanol–water partition coefficient (Wildman–Crippen LogP) is 2.83. The van der Waals surface area contributed by atoms with Crippen molar-refractivity contribution in [2.24, 2.45) is 0 Å². The molecule has 0 spiro atoms. The number of hydrogen-bond donors (Lipinski definition) is 1. The summed E-state index contributed by atoms with van der Waals surface area (Å²) in [5.74, 6) is 0.111. The Labute approximate surface area is 147 Å². The van der Waals surface area contributed by atoms with Crippen LogP contribution in [0.3, 0.4) is 0 Å². The zero-order valence-corrected chi connectivity index (χ0v) is 14.4. The van der Waals surface area contributed by atoms with E-state index in [1.165, 1.54) is 0 Å². The molecular formula is C20H22N4O. The lowest BCUT2D eigenvalue weighted by molar-refractivity contribution is 0.0707. The molecule has 128 valence electrons. The summed E-state index contributed by atoms with van der Waals surface area (Å²) in [6.07, 6.45) is 5.99. The molecule has 3 aromatic rings. The number of likely N-dealkylation sites (tertiary alicyclic amines) is 1. The second kappa shape index (κ2) is 6.69. The average Bonchev–Trinajstić information content (AvgIpc) is 3.12. The van der Waals surface area contributed by atoms with Crippen LogP contribution in [0.1, 0.15) is 23.2 Å². The highest BCUT2D eigenvalue weighted by molar-refractivity contribution is 5.95. The molecule has 1 fully saturated rings. The summed E-state index contributed by atoms with van der Waals surface area (Å²) in [6, 6.07) is 14.2. The van der Waals surface area contributed by atoms with Crippen molar-refractivity contribution < 1.29 is 4.79 Å². The van der Waals surface area contributed by atoms with E-state index in [0.29, 0.717) is 6.04 Å². The second-order valence-electron chi connectivity index (χ2n) is 6.53. The SMILES string of the molecule is CNC1CCN(C(=O)c2cccc(-c3cn4ccccc4n3)c2)CC1. The molecule has 1 saturated heterocycles. The molecule has 0 saturated carbocycles. The fourth-order valence-electron chi connectivity index (χ4n) is 3.44. The third-order valence-electron chi connectivity index (χ3n) is 4.96. The number of imidazole rings is 1. The molecule has 3 heterocycles. The summed E-state index contributed by atoms with van der Waals surface area (Å²) < 4.78 is 1.99. The monoisotopic (exact) mass is 334 g/mol. The van der Waals surface area contributed by atoms with E-state index in [1.54, 1.807) is 0 Å². The Morgan fingerprint density at radius 1 is 1.16 bits per heavy atom. The van der Waals surface area contributed by atoms with Crippen LogP contribution in [0, 0.1) is 0 Å². The van der Waals surface area contributed by atoms with Gasteiger partial charge in [-0.2, -0.15) is 0 Å². The first-order valence-electron chi connectivity index (χ1n) is 8.75. The van der Waals surface area contributed by atoms with Gasteiger partial charge in [-0.05, 0) is 44.2 Å². The Bertz CT molecular complexity index is 860. The number of pyridine rings is 1. The van der Waals surface area contributed by atoms with Gasteiger partial charge in [-0.25, -0.2) is 4.98 Å². The number of hydrogen-bond acceptors (Lipinski definition) is 3. The van der Waals surface area contributed by atoms with E-state index in [1.807, 2.05) is 71.2 Å². The van der Waals surface area contributed by atoms with Gasteiger partial charge in [0.05, 0.1) is 5.69 Å². The molecule has 25 heavy (non-hydrogen) atoms. The number of amides is 1. The number of aromatic nitrogens is 2. The molecule has 1 aliphatic rings. The Kier molecular flexibility index (Phi) is 4.24. The molecule has 0 radical (unpaired) electrons. The Hall–Kier alpha value is -2.66. The number of nitrogens with zero attached hydrogens (tertiary/aromatic N) is 3. The highest BCUT2D eigenvalue weighted by Crippen LogP contribution is 2.22. The summed E-state index contributed by atoms with van der Waals surface area (Å²) >= 11 is 0. The van der Waals surface area contributed by atoms with Crippen LogP contribution < -0.4 is 5.32 Å². The van der Waals surface area contributed by atoms with Gasteiger partial charge in [0, 0.05) is 42.7 Å². The fourth-order valence-corrected chi connectivity index (χ4v) is 3.44. The largest absolute Gasteiger partial charge is 0.339 e. The molecule has 2 aromatic heterocycles. The highest BCUT2D eigenvalue weighted by Gasteiger charge is 2.23. The molecular weight excluding hydrogens is 312 g/mol. The first-order valence-corrected chi connectivity index (χ1v) is 8.75. The molecule has 1 amide bonds. The van der Waals surface area contributed by atoms with Crippen molar-refractivity contribution >= 4 is 11.6 Å². The Morgan fingerprint density at radius 2 is 2.00 bits per heavy atom. The van der Waals surface area contributed by atoms with Crippen LogP contribution in [0.15, 0.2) is 54.9 Å². The second-order valence-corrected chi connectivity index (χ2v) is 6.53. The summed E-state index contributed by atoms with van der Waals surface area (Å²) in [6.45, 7) is 1.62. The first-order chi connectivity index (χ1) is 12.2. The number of fused-ring (bicyclic) bond motifs is 1. The molecule has 5 nitrogen and oxygen atoms in total. The molecule has 0 bridgehead atoms. The molecule has 0 atom stereocenters. The minimum Gasteiger partial charge on any atom is -0.339 e. The lowest BCUT2D eigenvalue weighted by Crippen LogP contribution is -2.43. The minimum absolute atomic E-state index is 0.111. The van der Waals surface area contributed by atoms with Crippen LogP contribution in [-0.2, 0) is 0 Å². The minimum atomic E-state index is 0.111. The lowest BCUT2D eigenvalue weighted by Gasteiger charge is -2.31. The number of carbonyl (C=O) groups is 1. The zero-order valence-electron chi connectivity index (χ0n) is 14.4. The molecule has 0 aliphatic carbocycles. The molecule has 1 N–H and O–H groups in total. The van der Waals surface area contributed by atoms with Gasteiger partial charge in [0.2, 0.25) is 0 Å². The van der Waals surface area contributed by atoms with Gasteiger partial charge in [0.25, 0.3) is 5.91 Å². The number of nitrogens with one attached hydrogen (secondary N) is 1. The van der Waals surface area contributed by atoms with E-state index >= 15 is 0 Å². The van der Waals surface area contributed by atoms with Gasteiger partial charge >= 0.3 is 0 Å².